The van der Waals surface area contributed by atoms with Gasteiger partial charge in [0.25, 0.3) is 0 Å². The number of hydrogen-bond acceptors (Lipinski definition) is 6. The molecule has 0 unspecified atom stereocenters. The summed E-state index contributed by atoms with van der Waals surface area (Å²) < 4.78 is 7.43. The summed E-state index contributed by atoms with van der Waals surface area (Å²) in [6, 6.07) is 5.85. The van der Waals surface area contributed by atoms with E-state index in [2.05, 4.69) is 32.4 Å². The lowest BCUT2D eigenvalue weighted by Crippen LogP contribution is -1.98. The van der Waals surface area contributed by atoms with Gasteiger partial charge in [-0.25, -0.2) is 4.98 Å². The van der Waals surface area contributed by atoms with Gasteiger partial charge in [0.2, 0.25) is 5.95 Å². The Labute approximate surface area is 140 Å². The molecule has 0 aliphatic rings. The average molecular weight is 329 g/mol. The van der Waals surface area contributed by atoms with Crippen LogP contribution in [0.4, 0.5) is 11.6 Å². The second-order valence-corrected chi connectivity index (χ2v) is 5.29. The molecule has 2 heterocycles. The van der Waals surface area contributed by atoms with Gasteiger partial charge in [-0.2, -0.15) is 4.98 Å². The van der Waals surface area contributed by atoms with Crippen LogP contribution in [0.2, 0.25) is 0 Å². The zero-order valence-corrected chi connectivity index (χ0v) is 14.2. The summed E-state index contributed by atoms with van der Waals surface area (Å²) in [7, 11) is 1.65. The minimum Gasteiger partial charge on any atom is -0.494 e. The smallest absolute Gasteiger partial charge is 0.246 e. The lowest BCUT2D eigenvalue weighted by atomic mass is 10.2. The van der Waals surface area contributed by atoms with E-state index in [-0.39, 0.29) is 6.15 Å². The lowest BCUT2D eigenvalue weighted by molar-refractivity contribution is 0.413. The predicted molar refractivity (Wildman–Crippen MR) is 93.5 cm³/mol. The Morgan fingerprint density at radius 3 is 2.83 bits per heavy atom. The third-order valence-corrected chi connectivity index (χ3v) is 3.44. The highest BCUT2D eigenvalue weighted by Gasteiger charge is 2.09. The van der Waals surface area contributed by atoms with Gasteiger partial charge in [0, 0.05) is 24.4 Å². The maximum Gasteiger partial charge on any atom is 0.246 e. The molecule has 0 fully saturated rings. The summed E-state index contributed by atoms with van der Waals surface area (Å²) in [5.41, 5.74) is 2.75. The number of aromatic nitrogens is 5. The molecule has 3 rings (SSSR count). The molecule has 2 aromatic heterocycles. The first kappa shape index (κ1) is 17.5. The van der Waals surface area contributed by atoms with Crippen LogP contribution in [0, 0.1) is 6.92 Å². The number of imidazole rings is 1. The van der Waals surface area contributed by atoms with E-state index in [0.29, 0.717) is 5.95 Å². The molecule has 0 saturated heterocycles. The van der Waals surface area contributed by atoms with Gasteiger partial charge < -0.3 is 20.8 Å². The fourth-order valence-corrected chi connectivity index (χ4v) is 2.35. The minimum absolute atomic E-state index is 0. The van der Waals surface area contributed by atoms with E-state index in [1.54, 1.807) is 13.4 Å². The van der Waals surface area contributed by atoms with Crippen molar-refractivity contribution in [3.63, 3.8) is 0 Å². The summed E-state index contributed by atoms with van der Waals surface area (Å²) in [6.07, 6.45) is 5.64. The SMILES string of the molecule is CCCc1nc(Nc2ccc(-n3cnc(C)c3)c(OC)c2)n[nH]1.N. The molecule has 0 spiro atoms. The topological polar surface area (TPSA) is 116 Å². The summed E-state index contributed by atoms with van der Waals surface area (Å²) in [5, 5.41) is 10.3. The molecule has 3 aromatic rings. The molecule has 0 atom stereocenters. The van der Waals surface area contributed by atoms with E-state index >= 15 is 0 Å². The van der Waals surface area contributed by atoms with Crippen LogP contribution in [-0.4, -0.2) is 31.8 Å². The van der Waals surface area contributed by atoms with Crippen LogP contribution < -0.4 is 16.2 Å². The second-order valence-electron chi connectivity index (χ2n) is 5.29. The Morgan fingerprint density at radius 1 is 1.33 bits per heavy atom. The van der Waals surface area contributed by atoms with Gasteiger partial charge in [-0.05, 0) is 25.5 Å². The molecule has 0 aliphatic heterocycles. The maximum absolute atomic E-state index is 5.49. The Balaban J connectivity index is 0.00000208. The largest absolute Gasteiger partial charge is 0.494 e. The van der Waals surface area contributed by atoms with Gasteiger partial charge in [-0.15, -0.1) is 5.10 Å². The van der Waals surface area contributed by atoms with Crippen LogP contribution in [-0.2, 0) is 6.42 Å². The number of nitrogens with one attached hydrogen (secondary N) is 2. The molecule has 0 radical (unpaired) electrons. The van der Waals surface area contributed by atoms with Crippen molar-refractivity contribution in [1.82, 2.24) is 30.9 Å². The zero-order chi connectivity index (χ0) is 16.2. The van der Waals surface area contributed by atoms with Crippen LogP contribution in [0.5, 0.6) is 5.75 Å². The van der Waals surface area contributed by atoms with Crippen molar-refractivity contribution in [2.75, 3.05) is 12.4 Å². The first-order chi connectivity index (χ1) is 11.2. The predicted octanol–water partition coefficient (Wildman–Crippen LogP) is 3.17. The van der Waals surface area contributed by atoms with Crippen molar-refractivity contribution in [3.05, 3.63) is 42.2 Å². The molecule has 8 nitrogen and oxygen atoms in total. The van der Waals surface area contributed by atoms with Gasteiger partial charge in [0.1, 0.15) is 11.6 Å². The Hall–Kier alpha value is -2.87. The number of rotatable bonds is 6. The molecule has 0 bridgehead atoms. The van der Waals surface area contributed by atoms with E-state index in [1.807, 2.05) is 35.9 Å². The molecule has 0 amide bonds. The second kappa shape index (κ2) is 7.60. The fraction of sp³-hybridized carbons (Fsp3) is 0.312. The zero-order valence-electron chi connectivity index (χ0n) is 14.2. The lowest BCUT2D eigenvalue weighted by Gasteiger charge is -2.11. The molecule has 5 N–H and O–H groups in total. The third-order valence-electron chi connectivity index (χ3n) is 3.44. The number of benzene rings is 1. The molecular formula is C16H23N7O. The van der Waals surface area contributed by atoms with Crippen LogP contribution in [0.15, 0.2) is 30.7 Å². The van der Waals surface area contributed by atoms with Crippen LogP contribution in [0.25, 0.3) is 5.69 Å². The molecule has 8 heteroatoms. The normalized spacial score (nSPS) is 10.3. The third kappa shape index (κ3) is 3.72. The maximum atomic E-state index is 5.49. The number of aromatic amines is 1. The highest BCUT2D eigenvalue weighted by atomic mass is 16.5. The van der Waals surface area contributed by atoms with Crippen molar-refractivity contribution in [2.45, 2.75) is 26.7 Å². The van der Waals surface area contributed by atoms with E-state index in [0.717, 1.165) is 41.5 Å². The number of H-pyrrole nitrogens is 1. The molecule has 24 heavy (non-hydrogen) atoms. The number of hydrogen-bond donors (Lipinski definition) is 3. The van der Waals surface area contributed by atoms with E-state index in [1.165, 1.54) is 0 Å². The molecule has 0 saturated carbocycles. The minimum atomic E-state index is 0. The highest BCUT2D eigenvalue weighted by Crippen LogP contribution is 2.27. The number of anilines is 2. The van der Waals surface area contributed by atoms with Gasteiger partial charge >= 0.3 is 0 Å². The van der Waals surface area contributed by atoms with Gasteiger partial charge in [-0.3, -0.25) is 5.10 Å². The van der Waals surface area contributed by atoms with Gasteiger partial charge in [0.15, 0.2) is 0 Å². The molecular weight excluding hydrogens is 306 g/mol. The van der Waals surface area contributed by atoms with Crippen LogP contribution in [0.1, 0.15) is 24.9 Å². The molecule has 128 valence electrons. The number of aryl methyl sites for hydroxylation is 2. The summed E-state index contributed by atoms with van der Waals surface area (Å²) in [4.78, 5) is 8.65. The van der Waals surface area contributed by atoms with Gasteiger partial charge in [-0.1, -0.05) is 6.92 Å². The van der Waals surface area contributed by atoms with E-state index < -0.39 is 0 Å². The van der Waals surface area contributed by atoms with Crippen LogP contribution >= 0.6 is 0 Å². The highest BCUT2D eigenvalue weighted by molar-refractivity contribution is 5.61. The van der Waals surface area contributed by atoms with E-state index in [9.17, 15) is 0 Å². The first-order valence-electron chi connectivity index (χ1n) is 7.57. The van der Waals surface area contributed by atoms with Crippen molar-refractivity contribution < 1.29 is 4.74 Å². The van der Waals surface area contributed by atoms with Crippen molar-refractivity contribution in [3.8, 4) is 11.4 Å². The van der Waals surface area contributed by atoms with Crippen molar-refractivity contribution in [2.24, 2.45) is 0 Å². The summed E-state index contributed by atoms with van der Waals surface area (Å²) in [6.45, 7) is 4.06. The van der Waals surface area contributed by atoms with Crippen LogP contribution in [0.3, 0.4) is 0 Å². The fourth-order valence-electron chi connectivity index (χ4n) is 2.35. The first-order valence-corrected chi connectivity index (χ1v) is 7.57. The Bertz CT molecular complexity index is 793. The average Bonchev–Trinajstić information content (AvgIpc) is 3.17. The quantitative estimate of drug-likeness (QED) is 0.639. The number of methoxy groups -OCH3 is 1. The molecule has 1 aromatic carbocycles. The van der Waals surface area contributed by atoms with E-state index in [4.69, 9.17) is 4.74 Å². The number of ether oxygens (including phenoxy) is 1. The van der Waals surface area contributed by atoms with Crippen molar-refractivity contribution >= 4 is 11.6 Å². The number of nitrogens with zero attached hydrogens (tertiary/aromatic N) is 4. The standard InChI is InChI=1S/C16H20N6O.H3N/c1-4-5-15-19-16(21-20-15)18-12-6-7-13(14(8-12)23-3)22-9-11(2)17-10-22;/h6-10H,4-5H2,1-3H3,(H2,18,19,20,21);1H3. The Kier molecular flexibility index (Phi) is 5.54. The summed E-state index contributed by atoms with van der Waals surface area (Å²) in [5.74, 6) is 2.19. The molecule has 0 aliphatic carbocycles. The van der Waals surface area contributed by atoms with Crippen molar-refractivity contribution in [1.29, 1.82) is 0 Å². The van der Waals surface area contributed by atoms with Gasteiger partial charge in [0.05, 0.1) is 24.8 Å². The summed E-state index contributed by atoms with van der Waals surface area (Å²) >= 11 is 0. The monoisotopic (exact) mass is 329 g/mol. The Morgan fingerprint density at radius 2 is 2.17 bits per heavy atom.